The molecule has 5 nitrogen and oxygen atoms in total. The number of hydrogen-bond acceptors (Lipinski definition) is 3. The SMILES string of the molecule is CC(C)CNC(=O)NCC(Cc1ccccc1)N1CCOCC1. The number of carbonyl (C=O) groups excluding carboxylic acids is 1. The van der Waals surface area contributed by atoms with Gasteiger partial charge in [-0.3, -0.25) is 4.90 Å². The van der Waals surface area contributed by atoms with Crippen molar-refractivity contribution in [1.29, 1.82) is 0 Å². The molecule has 2 amide bonds. The Morgan fingerprint density at radius 2 is 1.78 bits per heavy atom. The summed E-state index contributed by atoms with van der Waals surface area (Å²) in [5, 5.41) is 5.93. The summed E-state index contributed by atoms with van der Waals surface area (Å²) in [4.78, 5) is 14.3. The van der Waals surface area contributed by atoms with E-state index in [0.717, 1.165) is 32.7 Å². The maximum Gasteiger partial charge on any atom is 0.314 e. The van der Waals surface area contributed by atoms with Crippen LogP contribution < -0.4 is 10.6 Å². The zero-order chi connectivity index (χ0) is 16.5. The molecular formula is C18H29N3O2. The molecule has 2 N–H and O–H groups in total. The number of benzene rings is 1. The molecule has 1 fully saturated rings. The van der Waals surface area contributed by atoms with E-state index in [1.165, 1.54) is 5.56 Å². The summed E-state index contributed by atoms with van der Waals surface area (Å²) >= 11 is 0. The molecule has 128 valence electrons. The Labute approximate surface area is 139 Å². The molecule has 0 saturated carbocycles. The van der Waals surface area contributed by atoms with Gasteiger partial charge >= 0.3 is 6.03 Å². The van der Waals surface area contributed by atoms with E-state index in [4.69, 9.17) is 4.74 Å². The number of hydrogen-bond donors (Lipinski definition) is 2. The molecule has 0 bridgehead atoms. The highest BCUT2D eigenvalue weighted by molar-refractivity contribution is 5.73. The molecule has 1 saturated heterocycles. The molecule has 1 atom stereocenters. The van der Waals surface area contributed by atoms with Crippen LogP contribution in [-0.4, -0.2) is 56.4 Å². The van der Waals surface area contributed by atoms with E-state index in [-0.39, 0.29) is 6.03 Å². The van der Waals surface area contributed by atoms with Gasteiger partial charge in [0, 0.05) is 32.2 Å². The van der Waals surface area contributed by atoms with Crippen molar-refractivity contribution < 1.29 is 9.53 Å². The Balaban J connectivity index is 1.89. The maximum absolute atomic E-state index is 11.9. The zero-order valence-electron chi connectivity index (χ0n) is 14.3. The van der Waals surface area contributed by atoms with Crippen LogP contribution in [-0.2, 0) is 11.2 Å². The van der Waals surface area contributed by atoms with Crippen molar-refractivity contribution in [3.63, 3.8) is 0 Å². The van der Waals surface area contributed by atoms with E-state index in [2.05, 4.69) is 53.6 Å². The molecule has 0 aliphatic carbocycles. The second kappa shape index (κ2) is 9.53. The molecule has 1 unspecified atom stereocenters. The minimum absolute atomic E-state index is 0.0787. The highest BCUT2D eigenvalue weighted by atomic mass is 16.5. The first-order valence-electron chi connectivity index (χ1n) is 8.52. The molecule has 1 heterocycles. The van der Waals surface area contributed by atoms with E-state index in [1.807, 2.05) is 6.07 Å². The van der Waals surface area contributed by atoms with Crippen molar-refractivity contribution >= 4 is 6.03 Å². The molecule has 5 heteroatoms. The molecule has 1 aromatic rings. The standard InChI is InChI=1S/C18H29N3O2/c1-15(2)13-19-18(22)20-14-17(21-8-10-23-11-9-21)12-16-6-4-3-5-7-16/h3-7,15,17H,8-14H2,1-2H3,(H2,19,20,22). The van der Waals surface area contributed by atoms with Crippen molar-refractivity contribution in [3.8, 4) is 0 Å². The quantitative estimate of drug-likeness (QED) is 0.807. The van der Waals surface area contributed by atoms with Crippen LogP contribution in [0.25, 0.3) is 0 Å². The predicted molar refractivity (Wildman–Crippen MR) is 92.6 cm³/mol. The van der Waals surface area contributed by atoms with Crippen LogP contribution in [0, 0.1) is 5.92 Å². The highest BCUT2D eigenvalue weighted by Gasteiger charge is 2.21. The van der Waals surface area contributed by atoms with Crippen LogP contribution in [0.1, 0.15) is 19.4 Å². The highest BCUT2D eigenvalue weighted by Crippen LogP contribution is 2.10. The Hall–Kier alpha value is -1.59. The summed E-state index contributed by atoms with van der Waals surface area (Å²) in [6.45, 7) is 8.92. The van der Waals surface area contributed by atoms with Crippen LogP contribution in [0.2, 0.25) is 0 Å². The van der Waals surface area contributed by atoms with E-state index < -0.39 is 0 Å². The van der Waals surface area contributed by atoms with Gasteiger partial charge in [-0.1, -0.05) is 44.2 Å². The summed E-state index contributed by atoms with van der Waals surface area (Å²) < 4.78 is 5.45. The Morgan fingerprint density at radius 1 is 1.13 bits per heavy atom. The van der Waals surface area contributed by atoms with Crippen LogP contribution in [0.15, 0.2) is 30.3 Å². The molecule has 23 heavy (non-hydrogen) atoms. The minimum Gasteiger partial charge on any atom is -0.379 e. The van der Waals surface area contributed by atoms with E-state index in [1.54, 1.807) is 0 Å². The van der Waals surface area contributed by atoms with Gasteiger partial charge in [0.1, 0.15) is 0 Å². The second-order valence-electron chi connectivity index (χ2n) is 6.48. The number of carbonyl (C=O) groups is 1. The fraction of sp³-hybridized carbons (Fsp3) is 0.611. The van der Waals surface area contributed by atoms with Gasteiger partial charge in [-0.2, -0.15) is 0 Å². The minimum atomic E-state index is -0.0787. The molecule has 0 aromatic heterocycles. The number of morpholine rings is 1. The first-order chi connectivity index (χ1) is 11.1. The van der Waals surface area contributed by atoms with Crippen LogP contribution in [0.4, 0.5) is 4.79 Å². The molecule has 1 aromatic carbocycles. The van der Waals surface area contributed by atoms with Crippen LogP contribution >= 0.6 is 0 Å². The van der Waals surface area contributed by atoms with Crippen LogP contribution in [0.3, 0.4) is 0 Å². The van der Waals surface area contributed by atoms with Gasteiger partial charge in [-0.05, 0) is 17.9 Å². The lowest BCUT2D eigenvalue weighted by atomic mass is 10.0. The molecule has 0 spiro atoms. The topological polar surface area (TPSA) is 53.6 Å². The first-order valence-corrected chi connectivity index (χ1v) is 8.52. The van der Waals surface area contributed by atoms with Gasteiger partial charge < -0.3 is 15.4 Å². The second-order valence-corrected chi connectivity index (χ2v) is 6.48. The van der Waals surface area contributed by atoms with E-state index in [0.29, 0.717) is 25.0 Å². The van der Waals surface area contributed by atoms with Gasteiger partial charge in [0.2, 0.25) is 0 Å². The number of nitrogens with zero attached hydrogens (tertiary/aromatic N) is 1. The van der Waals surface area contributed by atoms with Crippen molar-refractivity contribution in [2.75, 3.05) is 39.4 Å². The lowest BCUT2D eigenvalue weighted by Gasteiger charge is -2.34. The number of ether oxygens (including phenoxy) is 1. The van der Waals surface area contributed by atoms with Gasteiger partial charge in [0.15, 0.2) is 0 Å². The summed E-state index contributed by atoms with van der Waals surface area (Å²) in [6.07, 6.45) is 0.936. The molecule has 2 rings (SSSR count). The van der Waals surface area contributed by atoms with Crippen molar-refractivity contribution in [2.24, 2.45) is 5.92 Å². The van der Waals surface area contributed by atoms with Crippen LogP contribution in [0.5, 0.6) is 0 Å². The van der Waals surface area contributed by atoms with Gasteiger partial charge in [-0.15, -0.1) is 0 Å². The first kappa shape index (κ1) is 17.8. The molecule has 1 aliphatic heterocycles. The fourth-order valence-electron chi connectivity index (χ4n) is 2.73. The van der Waals surface area contributed by atoms with E-state index >= 15 is 0 Å². The average Bonchev–Trinajstić information content (AvgIpc) is 2.58. The van der Waals surface area contributed by atoms with Crippen molar-refractivity contribution in [1.82, 2.24) is 15.5 Å². The summed E-state index contributed by atoms with van der Waals surface area (Å²) in [5.41, 5.74) is 1.30. The maximum atomic E-state index is 11.9. The molecular weight excluding hydrogens is 290 g/mol. The normalized spacial score (nSPS) is 17.0. The number of amides is 2. The van der Waals surface area contributed by atoms with E-state index in [9.17, 15) is 4.79 Å². The zero-order valence-corrected chi connectivity index (χ0v) is 14.3. The lowest BCUT2D eigenvalue weighted by Crippen LogP contribution is -2.51. The predicted octanol–water partition coefficient (Wildman–Crippen LogP) is 1.89. The average molecular weight is 319 g/mol. The van der Waals surface area contributed by atoms with Gasteiger partial charge in [-0.25, -0.2) is 4.79 Å². The lowest BCUT2D eigenvalue weighted by molar-refractivity contribution is 0.0172. The Kier molecular flexibility index (Phi) is 7.36. The summed E-state index contributed by atoms with van der Waals surface area (Å²) in [5.74, 6) is 0.458. The number of rotatable bonds is 7. The summed E-state index contributed by atoms with van der Waals surface area (Å²) in [7, 11) is 0. The summed E-state index contributed by atoms with van der Waals surface area (Å²) in [6, 6.07) is 10.7. The smallest absolute Gasteiger partial charge is 0.314 e. The number of nitrogens with one attached hydrogen (secondary N) is 2. The third-order valence-corrected chi connectivity index (χ3v) is 4.05. The third kappa shape index (κ3) is 6.59. The molecule has 1 aliphatic rings. The van der Waals surface area contributed by atoms with Gasteiger partial charge in [0.25, 0.3) is 0 Å². The number of urea groups is 1. The third-order valence-electron chi connectivity index (χ3n) is 4.05. The van der Waals surface area contributed by atoms with Gasteiger partial charge in [0.05, 0.1) is 13.2 Å². The Morgan fingerprint density at radius 3 is 2.43 bits per heavy atom. The largest absolute Gasteiger partial charge is 0.379 e. The van der Waals surface area contributed by atoms with Crippen molar-refractivity contribution in [3.05, 3.63) is 35.9 Å². The fourth-order valence-corrected chi connectivity index (χ4v) is 2.73. The Bertz CT molecular complexity index is 459. The van der Waals surface area contributed by atoms with Crippen molar-refractivity contribution in [2.45, 2.75) is 26.3 Å². The molecule has 0 radical (unpaired) electrons. The monoisotopic (exact) mass is 319 g/mol.